The topological polar surface area (TPSA) is 96.0 Å². The maximum atomic E-state index is 12.8. The van der Waals surface area contributed by atoms with Crippen LogP contribution < -0.4 is 5.32 Å². The summed E-state index contributed by atoms with van der Waals surface area (Å²) in [4.78, 5) is 32.0. The molecule has 1 aromatic carbocycles. The van der Waals surface area contributed by atoms with E-state index in [-0.39, 0.29) is 5.97 Å². The first-order valence-electron chi connectivity index (χ1n) is 12.6. The summed E-state index contributed by atoms with van der Waals surface area (Å²) in [6, 6.07) is 13.7. The standard InChI is InChI=1S/C28H30N6O2/c1-19-3-2-4-24(33-19)26-25(31-18-32-26)20-5-6-23-21(13-20)14-22(15-30-23)27(35)36-12-11-34-9-7-28(8-10-34)16-29-17-28/h2-6,13-15,18,29H,7-12,16-17H2,1H3,(H,31,32). The predicted octanol–water partition coefficient (Wildman–Crippen LogP) is 3.84. The van der Waals surface area contributed by atoms with Crippen LogP contribution in [-0.2, 0) is 4.74 Å². The maximum Gasteiger partial charge on any atom is 0.339 e. The SMILES string of the molecule is Cc1cccc(-c2[nH]cnc2-c2ccc3ncc(C(=O)OCCN4CCC5(CC4)CNC5)cc3c2)n1. The number of nitrogens with zero attached hydrogens (tertiary/aromatic N) is 4. The third-order valence-electron chi connectivity index (χ3n) is 7.53. The van der Waals surface area contributed by atoms with Crippen LogP contribution in [0.15, 0.2) is 55.0 Å². The molecule has 0 aliphatic carbocycles. The quantitative estimate of drug-likeness (QED) is 0.403. The van der Waals surface area contributed by atoms with Crippen LogP contribution >= 0.6 is 0 Å². The lowest BCUT2D eigenvalue weighted by Crippen LogP contribution is -2.58. The third kappa shape index (κ3) is 4.50. The fraction of sp³-hybridized carbons (Fsp3) is 0.357. The number of aromatic nitrogens is 4. The monoisotopic (exact) mass is 482 g/mol. The van der Waals surface area contributed by atoms with Gasteiger partial charge in [-0.05, 0) is 68.6 Å². The number of esters is 1. The van der Waals surface area contributed by atoms with Crippen molar-refractivity contribution >= 4 is 16.9 Å². The van der Waals surface area contributed by atoms with Gasteiger partial charge in [0.1, 0.15) is 6.61 Å². The molecule has 0 radical (unpaired) electrons. The highest BCUT2D eigenvalue weighted by Crippen LogP contribution is 2.35. The second-order valence-electron chi connectivity index (χ2n) is 10.0. The number of piperidine rings is 1. The first-order chi connectivity index (χ1) is 17.6. The molecular formula is C28H30N6O2. The average Bonchev–Trinajstić information content (AvgIpc) is 3.38. The third-order valence-corrected chi connectivity index (χ3v) is 7.53. The molecule has 2 aliphatic heterocycles. The number of imidazole rings is 1. The number of fused-ring (bicyclic) bond motifs is 1. The number of rotatable bonds is 6. The van der Waals surface area contributed by atoms with Gasteiger partial charge >= 0.3 is 5.97 Å². The largest absolute Gasteiger partial charge is 0.461 e. The molecule has 0 unspecified atom stereocenters. The van der Waals surface area contributed by atoms with Gasteiger partial charge < -0.3 is 15.0 Å². The lowest BCUT2D eigenvalue weighted by atomic mass is 9.73. The summed E-state index contributed by atoms with van der Waals surface area (Å²) in [6.45, 7) is 7.58. The van der Waals surface area contributed by atoms with Crippen molar-refractivity contribution in [2.24, 2.45) is 5.41 Å². The van der Waals surface area contributed by atoms with Crippen molar-refractivity contribution in [3.63, 3.8) is 0 Å². The van der Waals surface area contributed by atoms with E-state index in [0.29, 0.717) is 17.6 Å². The number of hydrogen-bond donors (Lipinski definition) is 2. The minimum absolute atomic E-state index is 0.337. The number of pyridine rings is 2. The van der Waals surface area contributed by atoms with Gasteiger partial charge in [0.15, 0.2) is 0 Å². The van der Waals surface area contributed by atoms with Gasteiger partial charge in [-0.25, -0.2) is 9.78 Å². The Bertz CT molecular complexity index is 1400. The van der Waals surface area contributed by atoms with Crippen LogP contribution in [-0.4, -0.2) is 70.1 Å². The maximum absolute atomic E-state index is 12.8. The van der Waals surface area contributed by atoms with E-state index >= 15 is 0 Å². The van der Waals surface area contributed by atoms with Crippen LogP contribution in [0, 0.1) is 12.3 Å². The van der Waals surface area contributed by atoms with Crippen LogP contribution in [0.3, 0.4) is 0 Å². The predicted molar refractivity (Wildman–Crippen MR) is 139 cm³/mol. The Morgan fingerprint density at radius 2 is 1.97 bits per heavy atom. The molecular weight excluding hydrogens is 452 g/mol. The Kier molecular flexibility index (Phi) is 5.99. The fourth-order valence-electron chi connectivity index (χ4n) is 5.22. The summed E-state index contributed by atoms with van der Waals surface area (Å²) in [5.74, 6) is -0.337. The Balaban J connectivity index is 1.14. The summed E-state index contributed by atoms with van der Waals surface area (Å²) in [5, 5.41) is 4.26. The van der Waals surface area contributed by atoms with Gasteiger partial charge in [0.05, 0.1) is 34.5 Å². The van der Waals surface area contributed by atoms with E-state index in [4.69, 9.17) is 4.74 Å². The zero-order valence-corrected chi connectivity index (χ0v) is 20.5. The van der Waals surface area contributed by atoms with Gasteiger partial charge in [-0.2, -0.15) is 0 Å². The number of aryl methyl sites for hydroxylation is 1. The molecule has 0 atom stereocenters. The van der Waals surface area contributed by atoms with Crippen molar-refractivity contribution in [1.82, 2.24) is 30.2 Å². The summed E-state index contributed by atoms with van der Waals surface area (Å²) in [5.41, 5.74) is 6.18. The minimum atomic E-state index is -0.337. The van der Waals surface area contributed by atoms with E-state index in [2.05, 4.69) is 30.2 Å². The molecule has 0 saturated carbocycles. The lowest BCUT2D eigenvalue weighted by Gasteiger charge is -2.48. The van der Waals surface area contributed by atoms with Gasteiger partial charge in [0, 0.05) is 42.5 Å². The number of benzene rings is 1. The van der Waals surface area contributed by atoms with Crippen molar-refractivity contribution < 1.29 is 9.53 Å². The Morgan fingerprint density at radius 3 is 2.75 bits per heavy atom. The van der Waals surface area contributed by atoms with E-state index in [9.17, 15) is 4.79 Å². The molecule has 184 valence electrons. The highest BCUT2D eigenvalue weighted by Gasteiger charge is 2.39. The number of aromatic amines is 1. The normalized spacial score (nSPS) is 17.2. The zero-order valence-electron chi connectivity index (χ0n) is 20.5. The Morgan fingerprint density at radius 1 is 1.11 bits per heavy atom. The lowest BCUT2D eigenvalue weighted by molar-refractivity contribution is 0.0296. The smallest absolute Gasteiger partial charge is 0.339 e. The minimum Gasteiger partial charge on any atom is -0.461 e. The van der Waals surface area contributed by atoms with Crippen molar-refractivity contribution in [2.75, 3.05) is 39.3 Å². The zero-order chi connectivity index (χ0) is 24.5. The van der Waals surface area contributed by atoms with Crippen LogP contribution in [0.25, 0.3) is 33.5 Å². The highest BCUT2D eigenvalue weighted by molar-refractivity contribution is 5.95. The Labute approximate surface area is 210 Å². The number of H-pyrrole nitrogens is 1. The van der Waals surface area contributed by atoms with E-state index in [1.807, 2.05) is 49.4 Å². The van der Waals surface area contributed by atoms with Crippen LogP contribution in [0.4, 0.5) is 0 Å². The number of carbonyl (C=O) groups is 1. The summed E-state index contributed by atoms with van der Waals surface area (Å²) >= 11 is 0. The first-order valence-corrected chi connectivity index (χ1v) is 12.6. The van der Waals surface area contributed by atoms with Crippen molar-refractivity contribution in [3.05, 3.63) is 66.2 Å². The molecule has 3 aromatic heterocycles. The molecule has 4 aromatic rings. The summed E-state index contributed by atoms with van der Waals surface area (Å²) in [6.07, 6.45) is 5.72. The molecule has 2 fully saturated rings. The van der Waals surface area contributed by atoms with Crippen molar-refractivity contribution in [2.45, 2.75) is 19.8 Å². The van der Waals surface area contributed by atoms with E-state index in [0.717, 1.165) is 72.0 Å². The fourth-order valence-corrected chi connectivity index (χ4v) is 5.22. The molecule has 36 heavy (non-hydrogen) atoms. The summed E-state index contributed by atoms with van der Waals surface area (Å²) in [7, 11) is 0. The van der Waals surface area contributed by atoms with Crippen LogP contribution in [0.5, 0.6) is 0 Å². The first kappa shape index (κ1) is 22.8. The molecule has 1 spiro atoms. The van der Waals surface area contributed by atoms with Gasteiger partial charge in [-0.3, -0.25) is 14.9 Å². The van der Waals surface area contributed by atoms with Crippen molar-refractivity contribution in [1.29, 1.82) is 0 Å². The molecule has 2 N–H and O–H groups in total. The second-order valence-corrected chi connectivity index (χ2v) is 10.0. The van der Waals surface area contributed by atoms with Crippen LogP contribution in [0.1, 0.15) is 28.9 Å². The summed E-state index contributed by atoms with van der Waals surface area (Å²) < 4.78 is 5.60. The molecule has 2 aliphatic rings. The van der Waals surface area contributed by atoms with Gasteiger partial charge in [0.2, 0.25) is 0 Å². The molecule has 0 amide bonds. The number of nitrogens with one attached hydrogen (secondary N) is 2. The Hall–Kier alpha value is -3.62. The van der Waals surface area contributed by atoms with E-state index < -0.39 is 0 Å². The van der Waals surface area contributed by atoms with Gasteiger partial charge in [-0.1, -0.05) is 12.1 Å². The molecule has 8 heteroatoms. The molecule has 5 heterocycles. The molecule has 6 rings (SSSR count). The molecule has 0 bridgehead atoms. The van der Waals surface area contributed by atoms with Gasteiger partial charge in [-0.15, -0.1) is 0 Å². The molecule has 8 nitrogen and oxygen atoms in total. The van der Waals surface area contributed by atoms with E-state index in [1.165, 1.54) is 12.8 Å². The van der Waals surface area contributed by atoms with Crippen LogP contribution in [0.2, 0.25) is 0 Å². The van der Waals surface area contributed by atoms with Crippen molar-refractivity contribution in [3.8, 4) is 22.6 Å². The van der Waals surface area contributed by atoms with Gasteiger partial charge in [0.25, 0.3) is 0 Å². The second kappa shape index (κ2) is 9.44. The average molecular weight is 483 g/mol. The number of hydrogen-bond acceptors (Lipinski definition) is 7. The highest BCUT2D eigenvalue weighted by atomic mass is 16.5. The number of ether oxygens (including phenoxy) is 1. The number of likely N-dealkylation sites (tertiary alicyclic amines) is 1. The van der Waals surface area contributed by atoms with E-state index in [1.54, 1.807) is 12.5 Å². The number of carbonyl (C=O) groups excluding carboxylic acids is 1. The molecule has 2 saturated heterocycles.